The van der Waals surface area contributed by atoms with Crippen molar-refractivity contribution in [2.24, 2.45) is 0 Å². The molecule has 34 heavy (non-hydrogen) atoms. The molecule has 2 fully saturated rings. The first-order valence-electron chi connectivity index (χ1n) is 11.6. The minimum absolute atomic E-state index is 0.00188. The third kappa shape index (κ3) is 4.62. The highest BCUT2D eigenvalue weighted by molar-refractivity contribution is 7.89. The number of ether oxygens (including phenoxy) is 2. The first-order valence-corrected chi connectivity index (χ1v) is 13.0. The number of hydrogen-bond donors (Lipinski definition) is 0. The van der Waals surface area contributed by atoms with E-state index in [1.165, 1.54) is 22.5 Å². The number of carbonyl (C=O) groups is 1. The Hall–Kier alpha value is -2.69. The highest BCUT2D eigenvalue weighted by atomic mass is 32.2. The van der Waals surface area contributed by atoms with Gasteiger partial charge in [0.15, 0.2) is 11.5 Å². The zero-order valence-corrected chi connectivity index (χ0v) is 19.7. The van der Waals surface area contributed by atoms with Crippen molar-refractivity contribution in [3.8, 4) is 11.5 Å². The Bertz CT molecular complexity index is 1170. The molecule has 0 bridgehead atoms. The standard InChI is InChI=1S/C24H28FN3O5S/c25-19-3-1-4-20(16-19)34(30,31)27-11-9-26(10-12-27)17-24(29)28-8-2-5-21(28)18-6-7-22-23(15-18)33-14-13-32-22/h1,3-4,6-7,15-16,21H,2,5,8-14,17H2/t21-/m0/s1. The van der Waals surface area contributed by atoms with E-state index in [1.807, 2.05) is 28.0 Å². The molecule has 3 aliphatic rings. The monoisotopic (exact) mass is 489 g/mol. The summed E-state index contributed by atoms with van der Waals surface area (Å²) in [6, 6.07) is 10.9. The number of benzene rings is 2. The number of piperazine rings is 1. The van der Waals surface area contributed by atoms with E-state index < -0.39 is 15.8 Å². The van der Waals surface area contributed by atoms with Gasteiger partial charge in [-0.1, -0.05) is 12.1 Å². The average molecular weight is 490 g/mol. The third-order valence-corrected chi connectivity index (χ3v) is 8.54. The molecule has 1 atom stereocenters. The molecule has 3 heterocycles. The number of likely N-dealkylation sites (tertiary alicyclic amines) is 1. The first kappa shape index (κ1) is 23.1. The molecular formula is C24H28FN3O5S. The van der Waals surface area contributed by atoms with Gasteiger partial charge in [-0.2, -0.15) is 4.31 Å². The fraction of sp³-hybridized carbons (Fsp3) is 0.458. The van der Waals surface area contributed by atoms with Crippen molar-refractivity contribution in [1.29, 1.82) is 0 Å². The quantitative estimate of drug-likeness (QED) is 0.641. The first-order chi connectivity index (χ1) is 16.4. The van der Waals surface area contributed by atoms with Gasteiger partial charge in [0.25, 0.3) is 0 Å². The van der Waals surface area contributed by atoms with Crippen LogP contribution in [-0.2, 0) is 14.8 Å². The lowest BCUT2D eigenvalue weighted by Gasteiger charge is -2.35. The van der Waals surface area contributed by atoms with Gasteiger partial charge in [0.1, 0.15) is 19.0 Å². The van der Waals surface area contributed by atoms with Gasteiger partial charge in [0, 0.05) is 32.7 Å². The number of amides is 1. The van der Waals surface area contributed by atoms with Crippen LogP contribution in [0.3, 0.4) is 0 Å². The molecule has 182 valence electrons. The summed E-state index contributed by atoms with van der Waals surface area (Å²) in [5.41, 5.74) is 1.04. The molecule has 1 amide bonds. The normalized spacial score (nSPS) is 21.6. The fourth-order valence-electron chi connectivity index (χ4n) is 4.87. The van der Waals surface area contributed by atoms with E-state index in [9.17, 15) is 17.6 Å². The summed E-state index contributed by atoms with van der Waals surface area (Å²) in [6.07, 6.45) is 1.83. The number of halogens is 1. The van der Waals surface area contributed by atoms with Crippen LogP contribution in [0.4, 0.5) is 4.39 Å². The number of rotatable bonds is 5. The largest absolute Gasteiger partial charge is 0.486 e. The molecule has 5 rings (SSSR count). The van der Waals surface area contributed by atoms with Crippen molar-refractivity contribution >= 4 is 15.9 Å². The lowest BCUT2D eigenvalue weighted by atomic mass is 10.0. The topological polar surface area (TPSA) is 79.4 Å². The van der Waals surface area contributed by atoms with Crippen LogP contribution >= 0.6 is 0 Å². The van der Waals surface area contributed by atoms with Crippen LogP contribution in [0.5, 0.6) is 11.5 Å². The van der Waals surface area contributed by atoms with E-state index in [-0.39, 0.29) is 36.5 Å². The zero-order valence-electron chi connectivity index (χ0n) is 18.9. The lowest BCUT2D eigenvalue weighted by Crippen LogP contribution is -2.51. The summed E-state index contributed by atoms with van der Waals surface area (Å²) in [5.74, 6) is 0.915. The molecule has 8 nitrogen and oxygen atoms in total. The van der Waals surface area contributed by atoms with Crippen molar-refractivity contribution in [3.05, 3.63) is 53.8 Å². The molecule has 2 saturated heterocycles. The highest BCUT2D eigenvalue weighted by Crippen LogP contribution is 2.38. The maximum atomic E-state index is 13.5. The summed E-state index contributed by atoms with van der Waals surface area (Å²) >= 11 is 0. The van der Waals surface area contributed by atoms with E-state index in [0.717, 1.165) is 36.0 Å². The summed E-state index contributed by atoms with van der Waals surface area (Å²) in [5, 5.41) is 0. The van der Waals surface area contributed by atoms with Crippen LogP contribution in [0.15, 0.2) is 47.4 Å². The fourth-order valence-corrected chi connectivity index (χ4v) is 6.32. The lowest BCUT2D eigenvalue weighted by molar-refractivity contribution is -0.133. The van der Waals surface area contributed by atoms with Crippen molar-refractivity contribution in [2.45, 2.75) is 23.8 Å². The summed E-state index contributed by atoms with van der Waals surface area (Å²) in [4.78, 5) is 17.0. The van der Waals surface area contributed by atoms with E-state index in [0.29, 0.717) is 32.8 Å². The van der Waals surface area contributed by atoms with Crippen LogP contribution < -0.4 is 9.47 Å². The van der Waals surface area contributed by atoms with Gasteiger partial charge in [0.05, 0.1) is 17.5 Å². The maximum absolute atomic E-state index is 13.5. The van der Waals surface area contributed by atoms with Crippen molar-refractivity contribution < 1.29 is 27.1 Å². The minimum Gasteiger partial charge on any atom is -0.486 e. The van der Waals surface area contributed by atoms with Gasteiger partial charge in [0.2, 0.25) is 15.9 Å². The molecule has 2 aromatic rings. The van der Waals surface area contributed by atoms with Gasteiger partial charge in [-0.05, 0) is 48.7 Å². The van der Waals surface area contributed by atoms with Crippen LogP contribution in [0.2, 0.25) is 0 Å². The Labute approximate surface area is 198 Å². The van der Waals surface area contributed by atoms with E-state index in [2.05, 4.69) is 0 Å². The molecule has 0 saturated carbocycles. The number of fused-ring (bicyclic) bond motifs is 1. The van der Waals surface area contributed by atoms with Gasteiger partial charge in [-0.3, -0.25) is 9.69 Å². The van der Waals surface area contributed by atoms with E-state index >= 15 is 0 Å². The molecule has 10 heteroatoms. The predicted molar refractivity (Wildman–Crippen MR) is 123 cm³/mol. The Morgan fingerprint density at radius 2 is 1.74 bits per heavy atom. The summed E-state index contributed by atoms with van der Waals surface area (Å²) in [6.45, 7) is 3.42. The predicted octanol–water partition coefficient (Wildman–Crippen LogP) is 2.27. The number of sulfonamides is 1. The smallest absolute Gasteiger partial charge is 0.243 e. The Balaban J connectivity index is 1.20. The molecule has 0 N–H and O–H groups in total. The van der Waals surface area contributed by atoms with Crippen molar-refractivity contribution in [2.75, 3.05) is 52.5 Å². The number of carbonyl (C=O) groups excluding carboxylic acids is 1. The molecule has 0 unspecified atom stereocenters. The molecular weight excluding hydrogens is 461 g/mol. The second kappa shape index (κ2) is 9.52. The van der Waals surface area contributed by atoms with Gasteiger partial charge < -0.3 is 14.4 Å². The molecule has 0 aliphatic carbocycles. The van der Waals surface area contributed by atoms with Gasteiger partial charge in [-0.15, -0.1) is 0 Å². The van der Waals surface area contributed by atoms with E-state index in [4.69, 9.17) is 9.47 Å². The Morgan fingerprint density at radius 3 is 2.50 bits per heavy atom. The molecule has 0 radical (unpaired) electrons. The molecule has 0 spiro atoms. The number of nitrogens with zero attached hydrogens (tertiary/aromatic N) is 3. The maximum Gasteiger partial charge on any atom is 0.243 e. The Kier molecular flexibility index (Phi) is 6.46. The molecule has 0 aromatic heterocycles. The third-order valence-electron chi connectivity index (χ3n) is 6.65. The minimum atomic E-state index is -3.76. The van der Waals surface area contributed by atoms with E-state index in [1.54, 1.807) is 0 Å². The average Bonchev–Trinajstić information content (AvgIpc) is 3.34. The second-order valence-corrected chi connectivity index (χ2v) is 10.7. The zero-order chi connectivity index (χ0) is 23.7. The van der Waals surface area contributed by atoms with Crippen LogP contribution in [0.25, 0.3) is 0 Å². The SMILES string of the molecule is O=C(CN1CCN(S(=O)(=O)c2cccc(F)c2)CC1)N1CCC[C@H]1c1ccc2c(c1)OCCO2. The molecule has 2 aromatic carbocycles. The van der Waals surface area contributed by atoms with Crippen LogP contribution in [0.1, 0.15) is 24.4 Å². The van der Waals surface area contributed by atoms with Crippen LogP contribution in [0, 0.1) is 5.82 Å². The van der Waals surface area contributed by atoms with Crippen LogP contribution in [-0.4, -0.2) is 80.9 Å². The van der Waals surface area contributed by atoms with Gasteiger partial charge >= 0.3 is 0 Å². The van der Waals surface area contributed by atoms with Crippen molar-refractivity contribution in [1.82, 2.24) is 14.1 Å². The molecule has 3 aliphatic heterocycles. The summed E-state index contributed by atoms with van der Waals surface area (Å²) in [7, 11) is -3.76. The highest BCUT2D eigenvalue weighted by Gasteiger charge is 2.34. The van der Waals surface area contributed by atoms with Crippen molar-refractivity contribution in [3.63, 3.8) is 0 Å². The second-order valence-electron chi connectivity index (χ2n) is 8.79. The Morgan fingerprint density at radius 1 is 0.971 bits per heavy atom. The number of hydrogen-bond acceptors (Lipinski definition) is 6. The summed E-state index contributed by atoms with van der Waals surface area (Å²) < 4.78 is 51.8. The van der Waals surface area contributed by atoms with Gasteiger partial charge in [-0.25, -0.2) is 12.8 Å².